The lowest BCUT2D eigenvalue weighted by Gasteiger charge is -2.22. The second-order valence-electron chi connectivity index (χ2n) is 5.61. The zero-order chi connectivity index (χ0) is 13.9. The van der Waals surface area contributed by atoms with Gasteiger partial charge in [-0.05, 0) is 37.2 Å². The van der Waals surface area contributed by atoms with E-state index in [1.807, 2.05) is 12.1 Å². The number of nitrogens with one attached hydrogen (secondary N) is 1. The number of nitriles is 1. The van der Waals surface area contributed by atoms with Crippen LogP contribution in [-0.4, -0.2) is 9.55 Å². The van der Waals surface area contributed by atoms with Crippen molar-refractivity contribution >= 4 is 23.3 Å². The van der Waals surface area contributed by atoms with Crippen LogP contribution in [0.15, 0.2) is 18.2 Å². The molecule has 0 spiro atoms. The standard InChI is InChI=1S/C16H19N3S/c17-11-12-7-6-10-14-15(12)18-16(20)19(14)13-8-4-2-1-3-5-9-13/h6-7,10,13H,1-5,8-9H2,(H,18,20). The summed E-state index contributed by atoms with van der Waals surface area (Å²) >= 11 is 5.52. The zero-order valence-corrected chi connectivity index (χ0v) is 12.4. The summed E-state index contributed by atoms with van der Waals surface area (Å²) < 4.78 is 3.00. The lowest BCUT2D eigenvalue weighted by molar-refractivity contribution is 0.376. The van der Waals surface area contributed by atoms with Crippen LogP contribution in [-0.2, 0) is 0 Å². The fourth-order valence-corrected chi connectivity index (χ4v) is 3.65. The lowest BCUT2D eigenvalue weighted by atomic mass is 9.96. The van der Waals surface area contributed by atoms with Crippen LogP contribution in [0.5, 0.6) is 0 Å². The molecule has 4 heteroatoms. The van der Waals surface area contributed by atoms with Gasteiger partial charge in [0.1, 0.15) is 6.07 Å². The number of rotatable bonds is 1. The predicted molar refractivity (Wildman–Crippen MR) is 83.2 cm³/mol. The molecule has 1 aliphatic carbocycles. The number of H-pyrrole nitrogens is 1. The second kappa shape index (κ2) is 5.80. The van der Waals surface area contributed by atoms with Gasteiger partial charge in [-0.2, -0.15) is 5.26 Å². The number of fused-ring (bicyclic) bond motifs is 1. The molecular formula is C16H19N3S. The van der Waals surface area contributed by atoms with Gasteiger partial charge in [0.2, 0.25) is 0 Å². The van der Waals surface area contributed by atoms with Gasteiger partial charge in [0, 0.05) is 6.04 Å². The van der Waals surface area contributed by atoms with E-state index in [-0.39, 0.29) is 0 Å². The van der Waals surface area contributed by atoms with Crippen molar-refractivity contribution < 1.29 is 0 Å². The van der Waals surface area contributed by atoms with Crippen molar-refractivity contribution in [3.63, 3.8) is 0 Å². The van der Waals surface area contributed by atoms with Crippen molar-refractivity contribution in [1.82, 2.24) is 9.55 Å². The number of hydrogen-bond donors (Lipinski definition) is 1. The molecule has 3 rings (SSSR count). The van der Waals surface area contributed by atoms with Gasteiger partial charge in [0.25, 0.3) is 0 Å². The van der Waals surface area contributed by atoms with Crippen molar-refractivity contribution in [1.29, 1.82) is 5.26 Å². The molecule has 0 radical (unpaired) electrons. The molecule has 1 heterocycles. The van der Waals surface area contributed by atoms with Gasteiger partial charge in [-0.3, -0.25) is 0 Å². The predicted octanol–water partition coefficient (Wildman–Crippen LogP) is 4.86. The summed E-state index contributed by atoms with van der Waals surface area (Å²) in [7, 11) is 0. The minimum atomic E-state index is 0.477. The molecule has 0 unspecified atom stereocenters. The molecule has 0 atom stereocenters. The Morgan fingerprint density at radius 3 is 2.55 bits per heavy atom. The molecule has 1 fully saturated rings. The molecule has 0 amide bonds. The summed E-state index contributed by atoms with van der Waals surface area (Å²) in [5.74, 6) is 0. The van der Waals surface area contributed by atoms with Crippen LogP contribution in [0.3, 0.4) is 0 Å². The monoisotopic (exact) mass is 285 g/mol. The van der Waals surface area contributed by atoms with Crippen LogP contribution in [0.2, 0.25) is 0 Å². The molecule has 1 aromatic heterocycles. The smallest absolute Gasteiger partial charge is 0.178 e. The first kappa shape index (κ1) is 13.4. The van der Waals surface area contributed by atoms with Gasteiger partial charge in [-0.15, -0.1) is 0 Å². The number of aromatic nitrogens is 2. The highest BCUT2D eigenvalue weighted by Crippen LogP contribution is 2.30. The molecule has 1 N–H and O–H groups in total. The van der Waals surface area contributed by atoms with E-state index in [0.717, 1.165) is 15.8 Å². The van der Waals surface area contributed by atoms with Gasteiger partial charge < -0.3 is 9.55 Å². The van der Waals surface area contributed by atoms with E-state index < -0.39 is 0 Å². The van der Waals surface area contributed by atoms with Crippen molar-refractivity contribution in [2.75, 3.05) is 0 Å². The third-order valence-electron chi connectivity index (χ3n) is 4.31. The largest absolute Gasteiger partial charge is 0.329 e. The molecule has 20 heavy (non-hydrogen) atoms. The van der Waals surface area contributed by atoms with Crippen LogP contribution >= 0.6 is 12.2 Å². The highest BCUT2D eigenvalue weighted by Gasteiger charge is 2.17. The molecule has 1 aliphatic rings. The van der Waals surface area contributed by atoms with Crippen molar-refractivity contribution in [3.05, 3.63) is 28.5 Å². The summed E-state index contributed by atoms with van der Waals surface area (Å²) in [5, 5.41) is 9.22. The number of imidazole rings is 1. The van der Waals surface area contributed by atoms with Crippen molar-refractivity contribution in [2.45, 2.75) is 51.0 Å². The van der Waals surface area contributed by atoms with Crippen LogP contribution in [0.25, 0.3) is 11.0 Å². The SMILES string of the molecule is N#Cc1cccc2c1[nH]c(=S)n2C1CCCCCCC1. The van der Waals surface area contributed by atoms with E-state index >= 15 is 0 Å². The zero-order valence-electron chi connectivity index (χ0n) is 11.6. The molecule has 2 aromatic rings. The maximum absolute atomic E-state index is 9.22. The highest BCUT2D eigenvalue weighted by atomic mass is 32.1. The summed E-state index contributed by atoms with van der Waals surface area (Å²) in [6, 6.07) is 8.58. The maximum Gasteiger partial charge on any atom is 0.178 e. The first-order valence-corrected chi connectivity index (χ1v) is 7.85. The van der Waals surface area contributed by atoms with E-state index in [1.54, 1.807) is 0 Å². The minimum Gasteiger partial charge on any atom is -0.329 e. The van der Waals surface area contributed by atoms with Crippen LogP contribution in [0, 0.1) is 16.1 Å². The van der Waals surface area contributed by atoms with Crippen LogP contribution < -0.4 is 0 Å². The van der Waals surface area contributed by atoms with E-state index in [0.29, 0.717) is 11.6 Å². The van der Waals surface area contributed by atoms with E-state index in [9.17, 15) is 5.26 Å². The van der Waals surface area contributed by atoms with E-state index in [1.165, 1.54) is 44.9 Å². The molecule has 0 bridgehead atoms. The molecule has 0 aliphatic heterocycles. The Hall–Kier alpha value is -1.60. The Bertz CT molecular complexity index is 697. The number of aromatic amines is 1. The quantitative estimate of drug-likeness (QED) is 0.761. The van der Waals surface area contributed by atoms with Gasteiger partial charge in [0.15, 0.2) is 4.77 Å². The molecule has 0 saturated heterocycles. The summed E-state index contributed by atoms with van der Waals surface area (Å²) in [4.78, 5) is 3.24. The Morgan fingerprint density at radius 2 is 1.85 bits per heavy atom. The Balaban J connectivity index is 2.08. The summed E-state index contributed by atoms with van der Waals surface area (Å²) in [5.41, 5.74) is 2.65. The molecule has 3 nitrogen and oxygen atoms in total. The second-order valence-corrected chi connectivity index (χ2v) is 6.00. The first-order valence-electron chi connectivity index (χ1n) is 7.44. The fraction of sp³-hybridized carbons (Fsp3) is 0.500. The van der Waals surface area contributed by atoms with Crippen LogP contribution in [0.1, 0.15) is 56.6 Å². The van der Waals surface area contributed by atoms with E-state index in [2.05, 4.69) is 21.7 Å². The normalized spacial score (nSPS) is 17.6. The van der Waals surface area contributed by atoms with Crippen LogP contribution in [0.4, 0.5) is 0 Å². The van der Waals surface area contributed by atoms with Crippen molar-refractivity contribution in [3.8, 4) is 6.07 Å². The number of hydrogen-bond acceptors (Lipinski definition) is 2. The average molecular weight is 285 g/mol. The molecule has 104 valence electrons. The lowest BCUT2D eigenvalue weighted by Crippen LogP contribution is -2.11. The first-order chi connectivity index (χ1) is 9.81. The average Bonchev–Trinajstić information content (AvgIpc) is 2.75. The maximum atomic E-state index is 9.22. The van der Waals surface area contributed by atoms with E-state index in [4.69, 9.17) is 12.2 Å². The third-order valence-corrected chi connectivity index (χ3v) is 4.61. The number of benzene rings is 1. The Morgan fingerprint density at radius 1 is 1.15 bits per heavy atom. The van der Waals surface area contributed by atoms with Gasteiger partial charge in [-0.1, -0.05) is 38.2 Å². The minimum absolute atomic E-state index is 0.477. The third kappa shape index (κ3) is 2.38. The summed E-state index contributed by atoms with van der Waals surface area (Å²) in [6.45, 7) is 0. The van der Waals surface area contributed by atoms with Gasteiger partial charge in [-0.25, -0.2) is 0 Å². The topological polar surface area (TPSA) is 44.5 Å². The highest BCUT2D eigenvalue weighted by molar-refractivity contribution is 7.71. The molecule has 1 saturated carbocycles. The van der Waals surface area contributed by atoms with Crippen molar-refractivity contribution in [2.24, 2.45) is 0 Å². The molecular weight excluding hydrogens is 266 g/mol. The summed E-state index contributed by atoms with van der Waals surface area (Å²) in [6.07, 6.45) is 8.96. The number of para-hydroxylation sites is 1. The van der Waals surface area contributed by atoms with Gasteiger partial charge >= 0.3 is 0 Å². The number of nitrogens with zero attached hydrogens (tertiary/aromatic N) is 2. The van der Waals surface area contributed by atoms with Gasteiger partial charge in [0.05, 0.1) is 16.6 Å². The Kier molecular flexibility index (Phi) is 3.88. The molecule has 1 aromatic carbocycles. The Labute approximate surface area is 124 Å². The fourth-order valence-electron chi connectivity index (χ4n) is 3.30.